The largest absolute Gasteiger partial charge is 0.507 e. The van der Waals surface area contributed by atoms with Crippen molar-refractivity contribution in [2.45, 2.75) is 18.8 Å². The second kappa shape index (κ2) is 5.84. The zero-order valence-corrected chi connectivity index (χ0v) is 10.8. The maximum absolute atomic E-state index is 11.6. The van der Waals surface area contributed by atoms with Crippen LogP contribution in [0.5, 0.6) is 5.75 Å². The molecule has 0 aliphatic carbocycles. The van der Waals surface area contributed by atoms with Crippen molar-refractivity contribution < 1.29 is 19.4 Å². The van der Waals surface area contributed by atoms with Crippen LogP contribution in [0.15, 0.2) is 12.1 Å². The van der Waals surface area contributed by atoms with Crippen molar-refractivity contribution in [2.75, 3.05) is 20.2 Å². The Bertz CT molecular complexity index is 492. The minimum Gasteiger partial charge on any atom is -0.507 e. The van der Waals surface area contributed by atoms with Gasteiger partial charge in [0, 0.05) is 0 Å². The lowest BCUT2D eigenvalue weighted by molar-refractivity contribution is 0.0600. The van der Waals surface area contributed by atoms with Gasteiger partial charge in [0.2, 0.25) is 0 Å². The van der Waals surface area contributed by atoms with E-state index in [1.54, 1.807) is 6.07 Å². The van der Waals surface area contributed by atoms with E-state index in [-0.39, 0.29) is 17.2 Å². The smallest absolute Gasteiger partial charge is 0.337 e. The van der Waals surface area contributed by atoms with E-state index in [0.29, 0.717) is 17.4 Å². The lowest BCUT2D eigenvalue weighted by Gasteiger charge is -2.24. The van der Waals surface area contributed by atoms with Crippen LogP contribution in [-0.4, -0.2) is 37.6 Å². The molecular weight excluding hydrogens is 246 g/mol. The SMILES string of the molecule is COC(=O)c1cc(C=O)c(O)c(C2CCNCC2)c1. The molecule has 0 radical (unpaired) electrons. The summed E-state index contributed by atoms with van der Waals surface area (Å²) in [5.74, 6) is -0.364. The van der Waals surface area contributed by atoms with Gasteiger partial charge in [0.05, 0.1) is 18.2 Å². The first-order valence-corrected chi connectivity index (χ1v) is 6.28. The molecule has 0 aromatic heterocycles. The van der Waals surface area contributed by atoms with E-state index in [2.05, 4.69) is 10.1 Å². The first-order chi connectivity index (χ1) is 9.17. The summed E-state index contributed by atoms with van der Waals surface area (Å²) >= 11 is 0. The van der Waals surface area contributed by atoms with Crippen LogP contribution in [0.4, 0.5) is 0 Å². The van der Waals surface area contributed by atoms with E-state index in [9.17, 15) is 14.7 Å². The number of piperidine rings is 1. The van der Waals surface area contributed by atoms with Gasteiger partial charge in [-0.15, -0.1) is 0 Å². The summed E-state index contributed by atoms with van der Waals surface area (Å²) in [5, 5.41) is 13.4. The van der Waals surface area contributed by atoms with Crippen LogP contribution < -0.4 is 5.32 Å². The van der Waals surface area contributed by atoms with Gasteiger partial charge in [-0.2, -0.15) is 0 Å². The van der Waals surface area contributed by atoms with Crippen molar-refractivity contribution in [3.8, 4) is 5.75 Å². The first kappa shape index (κ1) is 13.5. The number of carbonyl (C=O) groups is 2. The zero-order valence-electron chi connectivity index (χ0n) is 10.8. The van der Waals surface area contributed by atoms with Crippen LogP contribution in [0.1, 0.15) is 45.0 Å². The first-order valence-electron chi connectivity index (χ1n) is 6.28. The van der Waals surface area contributed by atoms with E-state index in [1.807, 2.05) is 0 Å². The third-order valence-corrected chi connectivity index (χ3v) is 3.50. The molecule has 0 unspecified atom stereocenters. The van der Waals surface area contributed by atoms with Crippen LogP contribution in [-0.2, 0) is 4.74 Å². The molecule has 2 rings (SSSR count). The quantitative estimate of drug-likeness (QED) is 0.638. The number of benzene rings is 1. The minimum absolute atomic E-state index is 0.0189. The fraction of sp³-hybridized carbons (Fsp3) is 0.429. The number of rotatable bonds is 3. The topological polar surface area (TPSA) is 75.6 Å². The summed E-state index contributed by atoms with van der Waals surface area (Å²) < 4.78 is 4.67. The molecule has 0 amide bonds. The summed E-state index contributed by atoms with van der Waals surface area (Å²) in [6, 6.07) is 2.99. The van der Waals surface area contributed by atoms with Gasteiger partial charge in [0.1, 0.15) is 5.75 Å². The van der Waals surface area contributed by atoms with Gasteiger partial charge in [-0.3, -0.25) is 4.79 Å². The lowest BCUT2D eigenvalue weighted by atomic mass is 9.87. The Hall–Kier alpha value is -1.88. The number of esters is 1. The molecule has 102 valence electrons. The van der Waals surface area contributed by atoms with Crippen molar-refractivity contribution in [3.63, 3.8) is 0 Å². The normalized spacial score (nSPS) is 16.1. The molecule has 1 aliphatic heterocycles. The molecule has 0 saturated carbocycles. The van der Waals surface area contributed by atoms with Crippen LogP contribution in [0, 0.1) is 0 Å². The average molecular weight is 263 g/mol. The second-order valence-corrected chi connectivity index (χ2v) is 4.64. The maximum Gasteiger partial charge on any atom is 0.337 e. The van der Waals surface area contributed by atoms with Crippen LogP contribution in [0.2, 0.25) is 0 Å². The van der Waals surface area contributed by atoms with Crippen LogP contribution >= 0.6 is 0 Å². The van der Waals surface area contributed by atoms with Crippen molar-refractivity contribution in [1.29, 1.82) is 0 Å². The number of aldehydes is 1. The standard InChI is InChI=1S/C14H17NO4/c1-19-14(18)10-6-11(8-16)13(17)12(7-10)9-2-4-15-5-3-9/h6-9,15,17H,2-5H2,1H3. The Kier molecular flexibility index (Phi) is 4.16. The van der Waals surface area contributed by atoms with Gasteiger partial charge in [0.15, 0.2) is 6.29 Å². The van der Waals surface area contributed by atoms with Crippen molar-refractivity contribution in [3.05, 3.63) is 28.8 Å². The highest BCUT2D eigenvalue weighted by Gasteiger charge is 2.22. The van der Waals surface area contributed by atoms with Gasteiger partial charge < -0.3 is 15.2 Å². The molecule has 1 heterocycles. The lowest BCUT2D eigenvalue weighted by Crippen LogP contribution is -2.26. The molecule has 1 fully saturated rings. The number of ether oxygens (including phenoxy) is 1. The third-order valence-electron chi connectivity index (χ3n) is 3.50. The van der Waals surface area contributed by atoms with Crippen molar-refractivity contribution in [1.82, 2.24) is 5.32 Å². The van der Waals surface area contributed by atoms with Crippen LogP contribution in [0.25, 0.3) is 0 Å². The minimum atomic E-state index is -0.502. The van der Waals surface area contributed by atoms with Crippen LogP contribution in [0.3, 0.4) is 0 Å². The molecule has 5 nitrogen and oxygen atoms in total. The Morgan fingerprint density at radius 1 is 1.42 bits per heavy atom. The number of carbonyl (C=O) groups excluding carboxylic acids is 2. The highest BCUT2D eigenvalue weighted by atomic mass is 16.5. The number of aromatic hydroxyl groups is 1. The predicted molar refractivity (Wildman–Crippen MR) is 69.7 cm³/mol. The van der Waals surface area contributed by atoms with Gasteiger partial charge in [-0.05, 0) is 49.5 Å². The van der Waals surface area contributed by atoms with E-state index < -0.39 is 5.97 Å². The van der Waals surface area contributed by atoms with E-state index in [4.69, 9.17) is 0 Å². The Balaban J connectivity index is 2.45. The molecule has 0 atom stereocenters. The maximum atomic E-state index is 11.6. The second-order valence-electron chi connectivity index (χ2n) is 4.64. The van der Waals surface area contributed by atoms with E-state index >= 15 is 0 Å². The molecule has 1 aliphatic rings. The highest BCUT2D eigenvalue weighted by molar-refractivity contribution is 5.93. The van der Waals surface area contributed by atoms with Crippen molar-refractivity contribution in [2.24, 2.45) is 0 Å². The highest BCUT2D eigenvalue weighted by Crippen LogP contribution is 2.35. The third kappa shape index (κ3) is 2.76. The van der Waals surface area contributed by atoms with Gasteiger partial charge >= 0.3 is 5.97 Å². The van der Waals surface area contributed by atoms with E-state index in [1.165, 1.54) is 13.2 Å². The predicted octanol–water partition coefficient (Wildman–Crippen LogP) is 1.46. The Labute approximate surface area is 111 Å². The summed E-state index contributed by atoms with van der Waals surface area (Å²) in [7, 11) is 1.29. The number of phenolic OH excluding ortho intramolecular Hbond substituents is 1. The number of phenols is 1. The fourth-order valence-electron chi connectivity index (χ4n) is 2.45. The summed E-state index contributed by atoms with van der Waals surface area (Å²) in [6.45, 7) is 1.73. The number of hydrogen-bond donors (Lipinski definition) is 2. The molecule has 1 aromatic carbocycles. The monoisotopic (exact) mass is 263 g/mol. The zero-order chi connectivity index (χ0) is 13.8. The van der Waals surface area contributed by atoms with Gasteiger partial charge in [-0.25, -0.2) is 4.79 Å². The molecule has 0 bridgehead atoms. The molecule has 0 spiro atoms. The number of nitrogens with one attached hydrogen (secondary N) is 1. The summed E-state index contributed by atoms with van der Waals surface area (Å²) in [5.41, 5.74) is 1.10. The molecule has 5 heteroatoms. The van der Waals surface area contributed by atoms with Gasteiger partial charge in [-0.1, -0.05) is 0 Å². The summed E-state index contributed by atoms with van der Waals surface area (Å²) in [4.78, 5) is 22.6. The summed E-state index contributed by atoms with van der Waals surface area (Å²) in [6.07, 6.45) is 2.30. The number of methoxy groups -OCH3 is 1. The Morgan fingerprint density at radius 2 is 2.11 bits per heavy atom. The molecule has 1 aromatic rings. The Morgan fingerprint density at radius 3 is 2.68 bits per heavy atom. The molecular formula is C14H17NO4. The average Bonchev–Trinajstić information content (AvgIpc) is 2.47. The molecule has 2 N–H and O–H groups in total. The number of hydrogen-bond acceptors (Lipinski definition) is 5. The molecule has 19 heavy (non-hydrogen) atoms. The van der Waals surface area contributed by atoms with E-state index in [0.717, 1.165) is 25.9 Å². The van der Waals surface area contributed by atoms with Gasteiger partial charge in [0.25, 0.3) is 0 Å². The fourth-order valence-corrected chi connectivity index (χ4v) is 2.45. The van der Waals surface area contributed by atoms with Crippen molar-refractivity contribution >= 4 is 12.3 Å². The molecule has 1 saturated heterocycles.